The van der Waals surface area contributed by atoms with Gasteiger partial charge in [-0.25, -0.2) is 4.68 Å². The average Bonchev–Trinajstić information content (AvgIpc) is 3.16. The molecule has 0 radical (unpaired) electrons. The van der Waals surface area contributed by atoms with Crippen LogP contribution in [-0.2, 0) is 11.3 Å². The number of nitrogens with zero attached hydrogens (tertiary/aromatic N) is 4. The fourth-order valence-corrected chi connectivity index (χ4v) is 3.93. The van der Waals surface area contributed by atoms with Crippen molar-refractivity contribution in [2.24, 2.45) is 11.8 Å². The van der Waals surface area contributed by atoms with Gasteiger partial charge in [0.15, 0.2) is 0 Å². The Bertz CT molecular complexity index is 763. The third kappa shape index (κ3) is 2.76. The van der Waals surface area contributed by atoms with Crippen LogP contribution in [0.1, 0.15) is 26.2 Å². The van der Waals surface area contributed by atoms with Gasteiger partial charge in [-0.05, 0) is 43.7 Å². The fraction of sp³-hybridized carbons (Fsp3) is 0.500. The van der Waals surface area contributed by atoms with E-state index in [9.17, 15) is 4.79 Å². The summed E-state index contributed by atoms with van der Waals surface area (Å²) in [6.07, 6.45) is 5.13. The number of benzene rings is 1. The number of para-hydroxylation sites is 1. The maximum absolute atomic E-state index is 12.5. The molecule has 0 N–H and O–H groups in total. The van der Waals surface area contributed by atoms with Gasteiger partial charge in [-0.15, -0.1) is 5.10 Å². The predicted molar refractivity (Wildman–Crippen MR) is 88.7 cm³/mol. The lowest BCUT2D eigenvalue weighted by atomic mass is 9.83. The molecule has 0 unspecified atom stereocenters. The number of aryl methyl sites for hydroxylation is 1. The van der Waals surface area contributed by atoms with E-state index in [1.54, 1.807) is 0 Å². The molecule has 4 rings (SSSR count). The second kappa shape index (κ2) is 5.80. The van der Waals surface area contributed by atoms with Crippen molar-refractivity contribution >= 4 is 16.9 Å². The minimum atomic E-state index is 0.247. The SMILES string of the molecule is CC1=CC[C@H]2CN(C(=O)CCn3nnc4ccccc43)C[C@H]2C1. The largest absolute Gasteiger partial charge is 0.342 e. The number of hydrogen-bond acceptors (Lipinski definition) is 3. The summed E-state index contributed by atoms with van der Waals surface area (Å²) >= 11 is 0. The van der Waals surface area contributed by atoms with Crippen molar-refractivity contribution in [2.75, 3.05) is 13.1 Å². The summed E-state index contributed by atoms with van der Waals surface area (Å²) in [6.45, 7) is 4.65. The predicted octanol–water partition coefficient (Wildman–Crippen LogP) is 2.64. The second-order valence-electron chi connectivity index (χ2n) is 6.86. The Morgan fingerprint density at radius 1 is 1.26 bits per heavy atom. The number of amides is 1. The molecule has 0 bridgehead atoms. The van der Waals surface area contributed by atoms with Gasteiger partial charge in [-0.2, -0.15) is 0 Å². The van der Waals surface area contributed by atoms with Gasteiger partial charge in [0, 0.05) is 19.5 Å². The Morgan fingerprint density at radius 3 is 3.00 bits per heavy atom. The van der Waals surface area contributed by atoms with Crippen LogP contribution in [0.2, 0.25) is 0 Å². The van der Waals surface area contributed by atoms with E-state index in [-0.39, 0.29) is 5.91 Å². The Kier molecular flexibility index (Phi) is 3.63. The minimum absolute atomic E-state index is 0.247. The molecule has 2 heterocycles. The molecule has 1 aromatic heterocycles. The lowest BCUT2D eigenvalue weighted by molar-refractivity contribution is -0.130. The lowest BCUT2D eigenvalue weighted by Crippen LogP contribution is -2.29. The number of aromatic nitrogens is 3. The molecular formula is C18H22N4O. The highest BCUT2D eigenvalue weighted by molar-refractivity contribution is 5.77. The number of rotatable bonds is 3. The van der Waals surface area contributed by atoms with Crippen molar-refractivity contribution in [3.05, 3.63) is 35.9 Å². The first kappa shape index (κ1) is 14.4. The lowest BCUT2D eigenvalue weighted by Gasteiger charge is -2.21. The average molecular weight is 310 g/mol. The normalized spacial score (nSPS) is 23.9. The summed E-state index contributed by atoms with van der Waals surface area (Å²) in [5.74, 6) is 1.57. The molecule has 2 atom stereocenters. The zero-order valence-electron chi connectivity index (χ0n) is 13.5. The third-order valence-electron chi connectivity index (χ3n) is 5.24. The number of allylic oxidation sites excluding steroid dienone is 2. The number of fused-ring (bicyclic) bond motifs is 2. The number of hydrogen-bond donors (Lipinski definition) is 0. The van der Waals surface area contributed by atoms with Crippen molar-refractivity contribution in [3.63, 3.8) is 0 Å². The third-order valence-corrected chi connectivity index (χ3v) is 5.24. The summed E-state index contributed by atoms with van der Waals surface area (Å²) in [7, 11) is 0. The second-order valence-corrected chi connectivity index (χ2v) is 6.86. The standard InChI is InChI=1S/C18H22N4O/c1-13-6-7-14-11-21(12-15(14)10-13)18(23)8-9-22-17-5-3-2-4-16(17)19-20-22/h2-6,14-15H,7-12H2,1H3/t14-,15+/m0/s1. The summed E-state index contributed by atoms with van der Waals surface area (Å²) in [5, 5.41) is 8.31. The minimum Gasteiger partial charge on any atom is -0.342 e. The molecule has 1 aliphatic heterocycles. The van der Waals surface area contributed by atoms with Crippen LogP contribution in [-0.4, -0.2) is 38.9 Å². The van der Waals surface area contributed by atoms with Crippen LogP contribution in [0.5, 0.6) is 0 Å². The number of carbonyl (C=O) groups excluding carboxylic acids is 1. The van der Waals surface area contributed by atoms with Gasteiger partial charge >= 0.3 is 0 Å². The highest BCUT2D eigenvalue weighted by atomic mass is 16.2. The summed E-state index contributed by atoms with van der Waals surface area (Å²) in [5.41, 5.74) is 3.36. The van der Waals surface area contributed by atoms with Gasteiger partial charge in [-0.3, -0.25) is 4.79 Å². The van der Waals surface area contributed by atoms with Crippen molar-refractivity contribution in [1.29, 1.82) is 0 Å². The van der Waals surface area contributed by atoms with Gasteiger partial charge in [-0.1, -0.05) is 29.0 Å². The highest BCUT2D eigenvalue weighted by Crippen LogP contribution is 2.35. The number of likely N-dealkylation sites (tertiary alicyclic amines) is 1. The van der Waals surface area contributed by atoms with Crippen molar-refractivity contribution < 1.29 is 4.79 Å². The van der Waals surface area contributed by atoms with Crippen LogP contribution in [0.4, 0.5) is 0 Å². The van der Waals surface area contributed by atoms with Gasteiger partial charge in [0.05, 0.1) is 12.1 Å². The number of carbonyl (C=O) groups is 1. The summed E-state index contributed by atoms with van der Waals surface area (Å²) in [4.78, 5) is 14.6. The van der Waals surface area contributed by atoms with E-state index >= 15 is 0 Å². The first-order valence-corrected chi connectivity index (χ1v) is 8.42. The topological polar surface area (TPSA) is 51.0 Å². The van der Waals surface area contributed by atoms with Crippen molar-refractivity contribution in [3.8, 4) is 0 Å². The molecule has 5 nitrogen and oxygen atoms in total. The van der Waals surface area contributed by atoms with Gasteiger partial charge in [0.2, 0.25) is 5.91 Å². The Labute approximate surface area is 136 Å². The van der Waals surface area contributed by atoms with E-state index in [1.165, 1.54) is 5.57 Å². The Hall–Kier alpha value is -2.17. The molecule has 1 aliphatic carbocycles. The molecule has 0 spiro atoms. The highest BCUT2D eigenvalue weighted by Gasteiger charge is 2.35. The zero-order chi connectivity index (χ0) is 15.8. The summed E-state index contributed by atoms with van der Waals surface area (Å²) in [6, 6.07) is 7.87. The maximum Gasteiger partial charge on any atom is 0.224 e. The molecule has 2 aliphatic rings. The summed E-state index contributed by atoms with van der Waals surface area (Å²) < 4.78 is 1.84. The first-order valence-electron chi connectivity index (χ1n) is 8.42. The van der Waals surface area contributed by atoms with E-state index in [0.717, 1.165) is 37.0 Å². The molecule has 1 fully saturated rings. The van der Waals surface area contributed by atoms with E-state index in [2.05, 4.69) is 28.2 Å². The smallest absolute Gasteiger partial charge is 0.224 e. The van der Waals surface area contributed by atoms with Gasteiger partial charge < -0.3 is 4.90 Å². The molecule has 1 aromatic carbocycles. The molecule has 0 saturated carbocycles. The van der Waals surface area contributed by atoms with Crippen molar-refractivity contribution in [2.45, 2.75) is 32.7 Å². The van der Waals surface area contributed by atoms with Crippen LogP contribution in [0.3, 0.4) is 0 Å². The van der Waals surface area contributed by atoms with E-state index in [1.807, 2.05) is 28.9 Å². The van der Waals surface area contributed by atoms with Gasteiger partial charge in [0.1, 0.15) is 5.52 Å². The van der Waals surface area contributed by atoms with E-state index in [0.29, 0.717) is 24.8 Å². The van der Waals surface area contributed by atoms with Crippen LogP contribution in [0, 0.1) is 11.8 Å². The van der Waals surface area contributed by atoms with Crippen LogP contribution in [0.25, 0.3) is 11.0 Å². The van der Waals surface area contributed by atoms with Crippen molar-refractivity contribution in [1.82, 2.24) is 19.9 Å². The van der Waals surface area contributed by atoms with Crippen LogP contribution >= 0.6 is 0 Å². The molecule has 1 amide bonds. The Morgan fingerprint density at radius 2 is 2.09 bits per heavy atom. The molecule has 5 heteroatoms. The Balaban J connectivity index is 1.38. The molecule has 2 aromatic rings. The van der Waals surface area contributed by atoms with Crippen LogP contribution in [0.15, 0.2) is 35.9 Å². The molecule has 1 saturated heterocycles. The quantitative estimate of drug-likeness (QED) is 0.819. The monoisotopic (exact) mass is 310 g/mol. The van der Waals surface area contributed by atoms with Gasteiger partial charge in [0.25, 0.3) is 0 Å². The fourth-order valence-electron chi connectivity index (χ4n) is 3.93. The molecular weight excluding hydrogens is 288 g/mol. The van der Waals surface area contributed by atoms with E-state index in [4.69, 9.17) is 0 Å². The zero-order valence-corrected chi connectivity index (χ0v) is 13.5. The van der Waals surface area contributed by atoms with Crippen LogP contribution < -0.4 is 0 Å². The van der Waals surface area contributed by atoms with E-state index < -0.39 is 0 Å². The first-order chi connectivity index (χ1) is 11.2. The molecule has 23 heavy (non-hydrogen) atoms. The molecule has 120 valence electrons. The maximum atomic E-state index is 12.5.